The predicted octanol–water partition coefficient (Wildman–Crippen LogP) is -0.480. The van der Waals surface area contributed by atoms with Crippen molar-refractivity contribution in [3.05, 3.63) is 17.9 Å². The van der Waals surface area contributed by atoms with Crippen molar-refractivity contribution in [3.8, 4) is 0 Å². The second kappa shape index (κ2) is 5.19. The maximum absolute atomic E-state index is 11.7. The summed E-state index contributed by atoms with van der Waals surface area (Å²) < 4.78 is 30.2. The van der Waals surface area contributed by atoms with Gasteiger partial charge in [-0.1, -0.05) is 0 Å². The highest BCUT2D eigenvalue weighted by Crippen LogP contribution is 2.14. The Kier molecular flexibility index (Phi) is 4.09. The Labute approximate surface area is 103 Å². The molecule has 0 fully saturated rings. The number of carbonyl (C=O) groups excluding carboxylic acids is 1. The van der Waals surface area contributed by atoms with Crippen LogP contribution in [-0.2, 0) is 14.8 Å². The van der Waals surface area contributed by atoms with Gasteiger partial charge in [-0.3, -0.25) is 4.79 Å². The number of sulfonamides is 1. The van der Waals surface area contributed by atoms with E-state index in [2.05, 4.69) is 9.14 Å². The van der Waals surface area contributed by atoms with Crippen LogP contribution in [0.5, 0.6) is 0 Å². The summed E-state index contributed by atoms with van der Waals surface area (Å²) >= 11 is 0. The first-order valence-electron chi connectivity index (χ1n) is 4.86. The normalized spacial score (nSPS) is 13.2. The highest BCUT2D eigenvalue weighted by Gasteiger charge is 2.23. The molecule has 1 unspecified atom stereocenters. The minimum Gasteiger partial charge on any atom is -0.475 e. The summed E-state index contributed by atoms with van der Waals surface area (Å²) in [4.78, 5) is 21.2. The monoisotopic (exact) mass is 276 g/mol. The van der Waals surface area contributed by atoms with Crippen molar-refractivity contribution in [1.82, 2.24) is 4.72 Å². The third-order valence-electron chi connectivity index (χ3n) is 1.92. The first-order chi connectivity index (χ1) is 8.22. The van der Waals surface area contributed by atoms with Crippen molar-refractivity contribution >= 4 is 21.9 Å². The van der Waals surface area contributed by atoms with Gasteiger partial charge < -0.3 is 15.3 Å². The summed E-state index contributed by atoms with van der Waals surface area (Å²) in [5, 5.41) is 8.06. The van der Waals surface area contributed by atoms with Gasteiger partial charge in [-0.25, -0.2) is 17.9 Å². The lowest BCUT2D eigenvalue weighted by molar-refractivity contribution is -0.118. The second-order valence-corrected chi connectivity index (χ2v) is 5.26. The van der Waals surface area contributed by atoms with Gasteiger partial charge in [-0.2, -0.15) is 0 Å². The number of carboxylic acid groups (broad SMARTS) is 1. The maximum atomic E-state index is 11.7. The van der Waals surface area contributed by atoms with E-state index < -0.39 is 38.8 Å². The van der Waals surface area contributed by atoms with Gasteiger partial charge in [0.15, 0.2) is 0 Å². The van der Waals surface area contributed by atoms with E-state index in [1.165, 1.54) is 6.92 Å². The van der Waals surface area contributed by atoms with Crippen LogP contribution in [0.4, 0.5) is 0 Å². The van der Waals surface area contributed by atoms with Crippen molar-refractivity contribution in [2.24, 2.45) is 5.73 Å². The number of carbonyl (C=O) groups is 2. The standard InChI is InChI=1S/C9H12N2O6S/c1-5(4-7(10)12)11-18(15,16)8-3-2-6(17-8)9(13)14/h2-3,5,11H,4H2,1H3,(H2,10,12)(H,13,14). The molecule has 18 heavy (non-hydrogen) atoms. The van der Waals surface area contributed by atoms with Gasteiger partial charge >= 0.3 is 5.97 Å². The smallest absolute Gasteiger partial charge is 0.371 e. The van der Waals surface area contributed by atoms with Crippen molar-refractivity contribution in [3.63, 3.8) is 0 Å². The number of hydrogen-bond donors (Lipinski definition) is 3. The van der Waals surface area contributed by atoms with Gasteiger partial charge in [0.1, 0.15) is 0 Å². The molecule has 0 radical (unpaired) electrons. The molecule has 0 aliphatic heterocycles. The van der Waals surface area contributed by atoms with E-state index in [0.717, 1.165) is 12.1 Å². The largest absolute Gasteiger partial charge is 0.475 e. The predicted molar refractivity (Wildman–Crippen MR) is 59.3 cm³/mol. The van der Waals surface area contributed by atoms with Crippen molar-refractivity contribution < 1.29 is 27.5 Å². The minimum absolute atomic E-state index is 0.175. The fraction of sp³-hybridized carbons (Fsp3) is 0.333. The van der Waals surface area contributed by atoms with Crippen molar-refractivity contribution in [1.29, 1.82) is 0 Å². The first-order valence-corrected chi connectivity index (χ1v) is 6.34. The van der Waals surface area contributed by atoms with Crippen LogP contribution in [0.15, 0.2) is 21.6 Å². The number of carboxylic acids is 1. The molecule has 0 saturated carbocycles. The average molecular weight is 276 g/mol. The van der Waals surface area contributed by atoms with Gasteiger partial charge in [0, 0.05) is 12.5 Å². The summed E-state index contributed by atoms with van der Waals surface area (Å²) in [6.45, 7) is 1.45. The molecule has 0 aromatic carbocycles. The number of nitrogens with two attached hydrogens (primary N) is 1. The number of amides is 1. The Hall–Kier alpha value is -1.87. The lowest BCUT2D eigenvalue weighted by Crippen LogP contribution is -2.35. The molecular weight excluding hydrogens is 264 g/mol. The molecule has 1 amide bonds. The summed E-state index contributed by atoms with van der Waals surface area (Å²) in [5.41, 5.74) is 4.92. The molecule has 9 heteroatoms. The zero-order valence-electron chi connectivity index (χ0n) is 9.41. The van der Waals surface area contributed by atoms with E-state index in [-0.39, 0.29) is 6.42 Å². The number of hydrogen-bond acceptors (Lipinski definition) is 5. The number of primary amides is 1. The summed E-state index contributed by atoms with van der Waals surface area (Å²) in [5.74, 6) is -2.52. The van der Waals surface area contributed by atoms with Gasteiger partial charge in [0.05, 0.1) is 0 Å². The topological polar surface area (TPSA) is 140 Å². The fourth-order valence-corrected chi connectivity index (χ4v) is 2.42. The number of furan rings is 1. The van der Waals surface area contributed by atoms with E-state index >= 15 is 0 Å². The molecule has 8 nitrogen and oxygen atoms in total. The molecule has 1 heterocycles. The zero-order valence-corrected chi connectivity index (χ0v) is 10.2. The molecule has 0 aliphatic carbocycles. The van der Waals surface area contributed by atoms with E-state index in [4.69, 9.17) is 10.8 Å². The van der Waals surface area contributed by atoms with Crippen LogP contribution in [-0.4, -0.2) is 31.4 Å². The molecular formula is C9H12N2O6S. The van der Waals surface area contributed by atoms with Crippen molar-refractivity contribution in [2.75, 3.05) is 0 Å². The van der Waals surface area contributed by atoms with Crippen LogP contribution < -0.4 is 10.5 Å². The van der Waals surface area contributed by atoms with E-state index in [1.807, 2.05) is 0 Å². The van der Waals surface area contributed by atoms with Crippen LogP contribution >= 0.6 is 0 Å². The molecule has 1 aromatic heterocycles. The van der Waals surface area contributed by atoms with Crippen LogP contribution in [0.3, 0.4) is 0 Å². The van der Waals surface area contributed by atoms with E-state index in [1.54, 1.807) is 0 Å². The van der Waals surface area contributed by atoms with Crippen molar-refractivity contribution in [2.45, 2.75) is 24.5 Å². The third kappa shape index (κ3) is 3.57. The Morgan fingerprint density at radius 2 is 2.11 bits per heavy atom. The van der Waals surface area contributed by atoms with Crippen LogP contribution in [0.25, 0.3) is 0 Å². The number of nitrogens with one attached hydrogen (secondary N) is 1. The molecule has 1 aromatic rings. The molecule has 100 valence electrons. The Balaban J connectivity index is 2.85. The minimum atomic E-state index is -4.01. The molecule has 1 rings (SSSR count). The molecule has 0 bridgehead atoms. The first kappa shape index (κ1) is 14.2. The quantitative estimate of drug-likeness (QED) is 0.641. The molecule has 0 spiro atoms. The van der Waals surface area contributed by atoms with E-state index in [9.17, 15) is 18.0 Å². The van der Waals surface area contributed by atoms with E-state index in [0.29, 0.717) is 0 Å². The molecule has 4 N–H and O–H groups in total. The third-order valence-corrected chi connectivity index (χ3v) is 3.38. The van der Waals surface area contributed by atoms with Gasteiger partial charge in [-0.15, -0.1) is 0 Å². The van der Waals surface area contributed by atoms with Gasteiger partial charge in [0.2, 0.25) is 16.8 Å². The molecule has 0 aliphatic rings. The Bertz CT molecular complexity index is 561. The number of aromatic carboxylic acids is 1. The highest BCUT2D eigenvalue weighted by molar-refractivity contribution is 7.89. The summed E-state index contributed by atoms with van der Waals surface area (Å²) in [6.07, 6.45) is -0.175. The Morgan fingerprint density at radius 3 is 2.56 bits per heavy atom. The lowest BCUT2D eigenvalue weighted by Gasteiger charge is -2.10. The Morgan fingerprint density at radius 1 is 1.50 bits per heavy atom. The second-order valence-electron chi connectivity index (χ2n) is 3.62. The summed E-state index contributed by atoms with van der Waals surface area (Å²) in [7, 11) is -4.01. The SMILES string of the molecule is CC(CC(N)=O)NS(=O)(=O)c1ccc(C(=O)O)o1. The summed E-state index contributed by atoms with van der Waals surface area (Å²) in [6, 6.07) is 1.32. The lowest BCUT2D eigenvalue weighted by atomic mass is 10.2. The van der Waals surface area contributed by atoms with Crippen LogP contribution in [0, 0.1) is 0 Å². The molecule has 1 atom stereocenters. The van der Waals surface area contributed by atoms with Crippen LogP contribution in [0.1, 0.15) is 23.9 Å². The highest BCUT2D eigenvalue weighted by atomic mass is 32.2. The average Bonchev–Trinajstić information content (AvgIpc) is 2.63. The van der Waals surface area contributed by atoms with Gasteiger partial charge in [-0.05, 0) is 19.1 Å². The molecule has 0 saturated heterocycles. The fourth-order valence-electron chi connectivity index (χ4n) is 1.25. The van der Waals surface area contributed by atoms with Crippen LogP contribution in [0.2, 0.25) is 0 Å². The number of rotatable bonds is 6. The van der Waals surface area contributed by atoms with Gasteiger partial charge in [0.25, 0.3) is 10.0 Å². The maximum Gasteiger partial charge on any atom is 0.371 e. The zero-order chi connectivity index (χ0) is 13.9.